The van der Waals surface area contributed by atoms with E-state index < -0.39 is 12.0 Å². The van der Waals surface area contributed by atoms with Gasteiger partial charge in [0.25, 0.3) is 0 Å². The van der Waals surface area contributed by atoms with Crippen LogP contribution in [-0.2, 0) is 16.0 Å². The number of rotatable bonds is 3. The van der Waals surface area contributed by atoms with Gasteiger partial charge in [-0.2, -0.15) is 0 Å². The summed E-state index contributed by atoms with van der Waals surface area (Å²) in [5.41, 5.74) is 15.3. The number of nitrogens with two attached hydrogens (primary N) is 2. The first-order valence-electron chi connectivity index (χ1n) is 5.14. The Labute approximate surface area is 95.6 Å². The van der Waals surface area contributed by atoms with Gasteiger partial charge in [0.05, 0.1) is 7.11 Å². The van der Waals surface area contributed by atoms with E-state index >= 15 is 0 Å². The number of carbonyl (C=O) groups is 1. The molecule has 0 amide bonds. The molecule has 0 unspecified atom stereocenters. The van der Waals surface area contributed by atoms with Crippen molar-refractivity contribution in [2.24, 2.45) is 5.73 Å². The first kappa shape index (κ1) is 12.5. The molecule has 0 aliphatic rings. The SMILES string of the molecule is COC(=O)[C@H](N)Cc1cc(C)cc(C)c1N. The largest absolute Gasteiger partial charge is 0.468 e. The van der Waals surface area contributed by atoms with E-state index in [4.69, 9.17) is 11.5 Å². The summed E-state index contributed by atoms with van der Waals surface area (Å²) in [7, 11) is 1.33. The Bertz CT molecular complexity index is 402. The van der Waals surface area contributed by atoms with E-state index in [0.717, 1.165) is 16.7 Å². The number of ether oxygens (including phenoxy) is 1. The van der Waals surface area contributed by atoms with Crippen molar-refractivity contribution in [2.75, 3.05) is 12.8 Å². The van der Waals surface area contributed by atoms with Crippen LogP contribution in [-0.4, -0.2) is 19.1 Å². The average Bonchev–Trinajstić information content (AvgIpc) is 2.23. The van der Waals surface area contributed by atoms with Crippen LogP contribution in [0.1, 0.15) is 16.7 Å². The van der Waals surface area contributed by atoms with Gasteiger partial charge >= 0.3 is 5.97 Å². The molecular weight excluding hydrogens is 204 g/mol. The summed E-state index contributed by atoms with van der Waals surface area (Å²) in [4.78, 5) is 11.2. The summed E-state index contributed by atoms with van der Waals surface area (Å²) in [5.74, 6) is -0.418. The predicted octanol–water partition coefficient (Wildman–Crippen LogP) is 0.928. The summed E-state index contributed by atoms with van der Waals surface area (Å²) in [6.07, 6.45) is 0.404. The molecular formula is C12H18N2O2. The number of anilines is 1. The monoisotopic (exact) mass is 222 g/mol. The van der Waals surface area contributed by atoms with Gasteiger partial charge in [-0.15, -0.1) is 0 Å². The molecule has 0 spiro atoms. The van der Waals surface area contributed by atoms with Crippen LogP contribution in [0, 0.1) is 13.8 Å². The number of hydrogen-bond donors (Lipinski definition) is 2. The molecule has 0 saturated heterocycles. The number of nitrogen functional groups attached to an aromatic ring is 1. The van der Waals surface area contributed by atoms with Crippen LogP contribution in [0.2, 0.25) is 0 Å². The van der Waals surface area contributed by atoms with Gasteiger partial charge in [-0.3, -0.25) is 4.79 Å². The standard InChI is InChI=1S/C12H18N2O2/c1-7-4-8(2)11(14)9(5-7)6-10(13)12(15)16-3/h4-5,10H,6,13-14H2,1-3H3/t10-/m1/s1. The molecule has 88 valence electrons. The molecule has 0 heterocycles. The van der Waals surface area contributed by atoms with Crippen molar-refractivity contribution in [1.82, 2.24) is 0 Å². The number of carbonyl (C=O) groups excluding carboxylic acids is 1. The van der Waals surface area contributed by atoms with Crippen molar-refractivity contribution in [3.8, 4) is 0 Å². The highest BCUT2D eigenvalue weighted by atomic mass is 16.5. The van der Waals surface area contributed by atoms with Gasteiger partial charge in [0, 0.05) is 12.1 Å². The van der Waals surface area contributed by atoms with Gasteiger partial charge in [0.1, 0.15) is 6.04 Å². The van der Waals surface area contributed by atoms with Gasteiger partial charge in [0.2, 0.25) is 0 Å². The molecule has 0 fully saturated rings. The smallest absolute Gasteiger partial charge is 0.322 e. The molecule has 0 aliphatic heterocycles. The fourth-order valence-corrected chi connectivity index (χ4v) is 1.71. The van der Waals surface area contributed by atoms with Crippen LogP contribution in [0.4, 0.5) is 5.69 Å². The number of benzene rings is 1. The second-order valence-corrected chi connectivity index (χ2v) is 3.99. The normalized spacial score (nSPS) is 12.2. The lowest BCUT2D eigenvalue weighted by Crippen LogP contribution is -2.33. The van der Waals surface area contributed by atoms with E-state index in [0.29, 0.717) is 12.1 Å². The maximum absolute atomic E-state index is 11.2. The van der Waals surface area contributed by atoms with Gasteiger partial charge < -0.3 is 16.2 Å². The Hall–Kier alpha value is -1.55. The molecule has 0 radical (unpaired) electrons. The zero-order valence-corrected chi connectivity index (χ0v) is 9.91. The Morgan fingerprint density at radius 2 is 2.06 bits per heavy atom. The highest BCUT2D eigenvalue weighted by Crippen LogP contribution is 2.20. The molecule has 1 aromatic rings. The summed E-state index contributed by atoms with van der Waals surface area (Å²) >= 11 is 0. The van der Waals surface area contributed by atoms with E-state index in [-0.39, 0.29) is 0 Å². The van der Waals surface area contributed by atoms with Crippen molar-refractivity contribution in [1.29, 1.82) is 0 Å². The number of hydrogen-bond acceptors (Lipinski definition) is 4. The average molecular weight is 222 g/mol. The first-order chi connectivity index (χ1) is 7.45. The lowest BCUT2D eigenvalue weighted by Gasteiger charge is -2.13. The van der Waals surface area contributed by atoms with Gasteiger partial charge in [-0.05, 0) is 25.0 Å². The second-order valence-electron chi connectivity index (χ2n) is 3.99. The maximum Gasteiger partial charge on any atom is 0.322 e. The quantitative estimate of drug-likeness (QED) is 0.589. The van der Waals surface area contributed by atoms with Crippen LogP contribution in [0.3, 0.4) is 0 Å². The third-order valence-corrected chi connectivity index (χ3v) is 2.56. The number of aryl methyl sites for hydroxylation is 2. The van der Waals surface area contributed by atoms with E-state index in [2.05, 4.69) is 4.74 Å². The minimum atomic E-state index is -0.659. The zero-order chi connectivity index (χ0) is 12.3. The fraction of sp³-hybridized carbons (Fsp3) is 0.417. The van der Waals surface area contributed by atoms with Gasteiger partial charge in [0.15, 0.2) is 0 Å². The van der Waals surface area contributed by atoms with Crippen molar-refractivity contribution >= 4 is 11.7 Å². The van der Waals surface area contributed by atoms with Crippen molar-refractivity contribution in [3.05, 3.63) is 28.8 Å². The van der Waals surface area contributed by atoms with Gasteiger partial charge in [-0.25, -0.2) is 0 Å². The number of esters is 1. The molecule has 4 N–H and O–H groups in total. The molecule has 0 saturated carbocycles. The van der Waals surface area contributed by atoms with E-state index in [9.17, 15) is 4.79 Å². The molecule has 1 atom stereocenters. The lowest BCUT2D eigenvalue weighted by atomic mass is 9.99. The highest BCUT2D eigenvalue weighted by Gasteiger charge is 2.16. The van der Waals surface area contributed by atoms with E-state index in [1.165, 1.54) is 7.11 Å². The van der Waals surface area contributed by atoms with Gasteiger partial charge in [-0.1, -0.05) is 17.7 Å². The third-order valence-electron chi connectivity index (χ3n) is 2.56. The van der Waals surface area contributed by atoms with Crippen LogP contribution < -0.4 is 11.5 Å². The Balaban J connectivity index is 2.93. The molecule has 0 aromatic heterocycles. The van der Waals surface area contributed by atoms with E-state index in [1.807, 2.05) is 26.0 Å². The number of methoxy groups -OCH3 is 1. The van der Waals surface area contributed by atoms with Crippen LogP contribution in [0.25, 0.3) is 0 Å². The van der Waals surface area contributed by atoms with E-state index in [1.54, 1.807) is 0 Å². The predicted molar refractivity (Wildman–Crippen MR) is 64.0 cm³/mol. The fourth-order valence-electron chi connectivity index (χ4n) is 1.71. The first-order valence-corrected chi connectivity index (χ1v) is 5.14. The molecule has 16 heavy (non-hydrogen) atoms. The molecule has 4 nitrogen and oxygen atoms in total. The maximum atomic E-state index is 11.2. The lowest BCUT2D eigenvalue weighted by molar-refractivity contribution is -0.142. The third kappa shape index (κ3) is 2.73. The summed E-state index contributed by atoms with van der Waals surface area (Å²) in [6.45, 7) is 3.93. The Kier molecular flexibility index (Phi) is 3.90. The summed E-state index contributed by atoms with van der Waals surface area (Å²) < 4.78 is 4.58. The minimum absolute atomic E-state index is 0.404. The van der Waals surface area contributed by atoms with Crippen LogP contribution in [0.15, 0.2) is 12.1 Å². The molecule has 4 heteroatoms. The highest BCUT2D eigenvalue weighted by molar-refractivity contribution is 5.76. The molecule has 1 rings (SSSR count). The zero-order valence-electron chi connectivity index (χ0n) is 9.91. The molecule has 0 bridgehead atoms. The minimum Gasteiger partial charge on any atom is -0.468 e. The van der Waals surface area contributed by atoms with Crippen LogP contribution in [0.5, 0.6) is 0 Å². The summed E-state index contributed by atoms with van der Waals surface area (Å²) in [5, 5.41) is 0. The van der Waals surface area contributed by atoms with Crippen molar-refractivity contribution in [2.45, 2.75) is 26.3 Å². The second kappa shape index (κ2) is 4.99. The topological polar surface area (TPSA) is 78.3 Å². The molecule has 0 aliphatic carbocycles. The Morgan fingerprint density at radius 3 is 2.62 bits per heavy atom. The van der Waals surface area contributed by atoms with Crippen LogP contribution >= 0.6 is 0 Å². The summed E-state index contributed by atoms with van der Waals surface area (Å²) in [6, 6.07) is 3.29. The Morgan fingerprint density at radius 1 is 1.44 bits per heavy atom. The molecule has 1 aromatic carbocycles. The van der Waals surface area contributed by atoms with Crippen molar-refractivity contribution in [3.63, 3.8) is 0 Å². The van der Waals surface area contributed by atoms with Crippen molar-refractivity contribution < 1.29 is 9.53 Å².